The molecular formula is C29H44N2. The van der Waals surface area contributed by atoms with Gasteiger partial charge in [0, 0.05) is 31.9 Å². The molecule has 3 aliphatic rings. The zero-order valence-corrected chi connectivity index (χ0v) is 20.8. The van der Waals surface area contributed by atoms with Gasteiger partial charge in [-0.2, -0.15) is 0 Å². The first kappa shape index (κ1) is 26.7. The van der Waals surface area contributed by atoms with Gasteiger partial charge in [0.1, 0.15) is 0 Å². The molecule has 2 nitrogen and oxygen atoms in total. The Kier molecular flexibility index (Phi) is 14.1. The maximum Gasteiger partial charge on any atom is 0.0367 e. The first-order chi connectivity index (χ1) is 15.2. The predicted molar refractivity (Wildman–Crippen MR) is 141 cm³/mol. The van der Waals surface area contributed by atoms with Crippen LogP contribution in [0.25, 0.3) is 0 Å². The zero-order valence-electron chi connectivity index (χ0n) is 20.8. The van der Waals surface area contributed by atoms with E-state index < -0.39 is 0 Å². The molecule has 1 heterocycles. The summed E-state index contributed by atoms with van der Waals surface area (Å²) in [6, 6.07) is 10.7. The standard InChI is InChI=1S/C14H16.C11H16N2.2C2H6/c1-12-6-5-9-14(11-10-12)13-7-3-2-4-8-13;1-12-7-9-13(10-8-12)11-5-3-2-4-6-11;2*1-2/h2-3,5-7,10-11H,4,8-9H2,1H3;2-6H,7-10H2,1H3;2*1-2H3. The molecule has 0 unspecified atom stereocenters. The number of allylic oxidation sites excluding steroid dienone is 10. The molecule has 0 amide bonds. The van der Waals surface area contributed by atoms with Gasteiger partial charge in [-0.05, 0) is 56.5 Å². The van der Waals surface area contributed by atoms with Crippen molar-refractivity contribution in [3.8, 4) is 0 Å². The number of piperazine rings is 1. The minimum Gasteiger partial charge on any atom is -0.369 e. The number of nitrogens with zero attached hydrogens (tertiary/aromatic N) is 2. The molecule has 1 aromatic rings. The Morgan fingerprint density at radius 1 is 0.742 bits per heavy atom. The van der Waals surface area contributed by atoms with Gasteiger partial charge in [-0.15, -0.1) is 0 Å². The van der Waals surface area contributed by atoms with E-state index in [0.29, 0.717) is 0 Å². The van der Waals surface area contributed by atoms with Crippen molar-refractivity contribution in [1.82, 2.24) is 4.90 Å². The molecule has 0 atom stereocenters. The molecule has 0 spiro atoms. The molecule has 170 valence electrons. The second-order valence-corrected chi connectivity index (χ2v) is 7.49. The number of para-hydroxylation sites is 1. The molecule has 2 aliphatic carbocycles. The van der Waals surface area contributed by atoms with Crippen molar-refractivity contribution in [3.05, 3.63) is 89.6 Å². The van der Waals surface area contributed by atoms with Crippen molar-refractivity contribution in [3.63, 3.8) is 0 Å². The van der Waals surface area contributed by atoms with Gasteiger partial charge in [-0.1, -0.05) is 94.0 Å². The van der Waals surface area contributed by atoms with E-state index in [1.165, 1.54) is 48.3 Å². The third-order valence-corrected chi connectivity index (χ3v) is 5.32. The van der Waals surface area contributed by atoms with E-state index in [1.54, 1.807) is 0 Å². The van der Waals surface area contributed by atoms with Crippen molar-refractivity contribution >= 4 is 5.69 Å². The van der Waals surface area contributed by atoms with Crippen LogP contribution in [-0.4, -0.2) is 38.1 Å². The van der Waals surface area contributed by atoms with Crippen LogP contribution in [0.5, 0.6) is 0 Å². The van der Waals surface area contributed by atoms with Crippen molar-refractivity contribution in [1.29, 1.82) is 0 Å². The van der Waals surface area contributed by atoms with Gasteiger partial charge in [-0.3, -0.25) is 0 Å². The summed E-state index contributed by atoms with van der Waals surface area (Å²) in [5.74, 6) is 0. The highest BCUT2D eigenvalue weighted by molar-refractivity contribution is 5.46. The Balaban J connectivity index is 0.000000268. The predicted octanol–water partition coefficient (Wildman–Crippen LogP) is 7.59. The Hall–Kier alpha value is -2.32. The van der Waals surface area contributed by atoms with Crippen LogP contribution in [0.15, 0.2) is 89.6 Å². The molecule has 1 aliphatic heterocycles. The largest absolute Gasteiger partial charge is 0.369 e. The number of hydrogen-bond donors (Lipinski definition) is 0. The second-order valence-electron chi connectivity index (χ2n) is 7.49. The highest BCUT2D eigenvalue weighted by atomic mass is 15.2. The minimum absolute atomic E-state index is 1.08. The summed E-state index contributed by atoms with van der Waals surface area (Å²) in [6.45, 7) is 14.8. The summed E-state index contributed by atoms with van der Waals surface area (Å²) >= 11 is 0. The van der Waals surface area contributed by atoms with Crippen LogP contribution in [0.4, 0.5) is 5.69 Å². The third-order valence-electron chi connectivity index (χ3n) is 5.32. The van der Waals surface area contributed by atoms with E-state index in [9.17, 15) is 0 Å². The Labute approximate surface area is 192 Å². The molecule has 31 heavy (non-hydrogen) atoms. The average molecular weight is 421 g/mol. The Morgan fingerprint density at radius 3 is 2.03 bits per heavy atom. The van der Waals surface area contributed by atoms with Gasteiger partial charge in [0.25, 0.3) is 0 Å². The fraction of sp³-hybridized carbons (Fsp3) is 0.448. The van der Waals surface area contributed by atoms with Crippen molar-refractivity contribution < 1.29 is 0 Å². The van der Waals surface area contributed by atoms with Crippen LogP contribution in [0.2, 0.25) is 0 Å². The number of hydrogen-bond acceptors (Lipinski definition) is 2. The summed E-state index contributed by atoms with van der Waals surface area (Å²) in [5.41, 5.74) is 5.67. The zero-order chi connectivity index (χ0) is 22.9. The number of rotatable bonds is 2. The summed E-state index contributed by atoms with van der Waals surface area (Å²) in [6.07, 6.45) is 19.0. The van der Waals surface area contributed by atoms with Crippen LogP contribution >= 0.6 is 0 Å². The van der Waals surface area contributed by atoms with E-state index in [-0.39, 0.29) is 0 Å². The summed E-state index contributed by atoms with van der Waals surface area (Å²) in [7, 11) is 2.18. The molecule has 0 saturated carbocycles. The van der Waals surface area contributed by atoms with Gasteiger partial charge >= 0.3 is 0 Å². The van der Waals surface area contributed by atoms with Gasteiger partial charge < -0.3 is 9.80 Å². The normalized spacial score (nSPS) is 17.9. The van der Waals surface area contributed by atoms with E-state index >= 15 is 0 Å². The number of anilines is 1. The molecule has 4 rings (SSSR count). The Bertz CT molecular complexity index is 742. The van der Waals surface area contributed by atoms with Crippen LogP contribution < -0.4 is 4.90 Å². The summed E-state index contributed by atoms with van der Waals surface area (Å²) in [5, 5.41) is 0. The van der Waals surface area contributed by atoms with E-state index in [2.05, 4.69) is 96.6 Å². The lowest BCUT2D eigenvalue weighted by atomic mass is 9.95. The molecular weight excluding hydrogens is 376 g/mol. The van der Waals surface area contributed by atoms with Crippen LogP contribution in [0.1, 0.15) is 53.9 Å². The first-order valence-corrected chi connectivity index (χ1v) is 12.1. The quantitative estimate of drug-likeness (QED) is 0.486. The highest BCUT2D eigenvalue weighted by Gasteiger charge is 2.13. The number of likely N-dealkylation sites (N-methyl/N-ethyl adjacent to an activating group) is 1. The van der Waals surface area contributed by atoms with Crippen LogP contribution in [-0.2, 0) is 0 Å². The van der Waals surface area contributed by atoms with Crippen molar-refractivity contribution in [2.24, 2.45) is 0 Å². The summed E-state index contributed by atoms with van der Waals surface area (Å²) < 4.78 is 0. The molecule has 0 bridgehead atoms. The van der Waals surface area contributed by atoms with Gasteiger partial charge in [0.15, 0.2) is 0 Å². The monoisotopic (exact) mass is 420 g/mol. The molecule has 2 heteroatoms. The Morgan fingerprint density at radius 2 is 1.42 bits per heavy atom. The minimum atomic E-state index is 1.08. The lowest BCUT2D eigenvalue weighted by molar-refractivity contribution is 0.313. The molecule has 0 N–H and O–H groups in total. The molecule has 1 saturated heterocycles. The SMILES string of the molecule is CC.CC.CC1=CC=C(C2=CC=CCC2)CC=C1.CN1CCN(c2ccccc2)CC1. The van der Waals surface area contributed by atoms with Gasteiger partial charge in [-0.25, -0.2) is 0 Å². The smallest absolute Gasteiger partial charge is 0.0367 e. The number of benzene rings is 1. The van der Waals surface area contributed by atoms with Crippen LogP contribution in [0, 0.1) is 0 Å². The first-order valence-electron chi connectivity index (χ1n) is 12.1. The molecule has 1 fully saturated rings. The van der Waals surface area contributed by atoms with Gasteiger partial charge in [0.05, 0.1) is 0 Å². The lowest BCUT2D eigenvalue weighted by Gasteiger charge is -2.33. The average Bonchev–Trinajstić information content (AvgIpc) is 3.08. The van der Waals surface area contributed by atoms with E-state index in [1.807, 2.05) is 27.7 Å². The third kappa shape index (κ3) is 10.0. The molecule has 1 aromatic carbocycles. The van der Waals surface area contributed by atoms with Crippen molar-refractivity contribution in [2.45, 2.75) is 53.9 Å². The fourth-order valence-electron chi connectivity index (χ4n) is 3.54. The highest BCUT2D eigenvalue weighted by Crippen LogP contribution is 2.25. The molecule has 0 radical (unpaired) electrons. The second kappa shape index (κ2) is 16.4. The maximum absolute atomic E-state index is 2.44. The lowest BCUT2D eigenvalue weighted by Crippen LogP contribution is -2.44. The van der Waals surface area contributed by atoms with Crippen LogP contribution in [0.3, 0.4) is 0 Å². The van der Waals surface area contributed by atoms with E-state index in [0.717, 1.165) is 19.5 Å². The van der Waals surface area contributed by atoms with Gasteiger partial charge in [0.2, 0.25) is 0 Å². The fourth-order valence-corrected chi connectivity index (χ4v) is 3.54. The maximum atomic E-state index is 2.44. The molecule has 0 aromatic heterocycles. The topological polar surface area (TPSA) is 6.48 Å². The summed E-state index contributed by atoms with van der Waals surface area (Å²) in [4.78, 5) is 4.82. The van der Waals surface area contributed by atoms with Crippen molar-refractivity contribution in [2.75, 3.05) is 38.1 Å². The van der Waals surface area contributed by atoms with E-state index in [4.69, 9.17) is 0 Å².